The molecule has 0 heterocycles. The Kier molecular flexibility index (Phi) is 6.30. The Hall–Kier alpha value is -1.61. The smallest absolute Gasteiger partial charge is 0.246 e. The molecule has 0 aliphatic heterocycles. The second-order valence-electron chi connectivity index (χ2n) is 4.90. The average Bonchev–Trinajstić information content (AvgIpc) is 2.39. The largest absolute Gasteiger partial charge is 0.350 e. The number of amides is 1. The standard InChI is InChI=1S/C16H24N2O/c1-5-9-13(2)16(19)17-12-15(18(3)4)14-10-7-6-8-11-14/h6-11,15H,5,12H2,1-4H3,(H,17,19)/b13-9+. The van der Waals surface area contributed by atoms with E-state index in [9.17, 15) is 4.79 Å². The van der Waals surface area contributed by atoms with Gasteiger partial charge in [-0.2, -0.15) is 0 Å². The predicted octanol–water partition coefficient (Wildman–Crippen LogP) is 2.76. The summed E-state index contributed by atoms with van der Waals surface area (Å²) in [5, 5.41) is 3.00. The summed E-state index contributed by atoms with van der Waals surface area (Å²) in [4.78, 5) is 14.0. The molecule has 1 amide bonds. The van der Waals surface area contributed by atoms with Crippen molar-refractivity contribution in [3.63, 3.8) is 0 Å². The maximum absolute atomic E-state index is 11.9. The number of hydrogen-bond donors (Lipinski definition) is 1. The van der Waals surface area contributed by atoms with E-state index in [1.54, 1.807) is 0 Å². The number of rotatable bonds is 6. The second-order valence-corrected chi connectivity index (χ2v) is 4.90. The molecule has 1 N–H and O–H groups in total. The third-order valence-corrected chi connectivity index (χ3v) is 3.13. The van der Waals surface area contributed by atoms with E-state index in [4.69, 9.17) is 0 Å². The SMILES string of the molecule is CC/C=C(\C)C(=O)NCC(c1ccccc1)N(C)C. The number of likely N-dealkylation sites (N-methyl/N-ethyl adjacent to an activating group) is 1. The lowest BCUT2D eigenvalue weighted by Crippen LogP contribution is -2.34. The lowest BCUT2D eigenvalue weighted by Gasteiger charge is -2.25. The van der Waals surface area contributed by atoms with Gasteiger partial charge >= 0.3 is 0 Å². The molecule has 0 radical (unpaired) electrons. The van der Waals surface area contributed by atoms with Gasteiger partial charge in [-0.05, 0) is 33.0 Å². The van der Waals surface area contributed by atoms with Gasteiger partial charge in [0.1, 0.15) is 0 Å². The summed E-state index contributed by atoms with van der Waals surface area (Å²) < 4.78 is 0. The minimum atomic E-state index is 0.0182. The van der Waals surface area contributed by atoms with Gasteiger partial charge in [0.05, 0.1) is 6.04 Å². The molecule has 1 unspecified atom stereocenters. The fraction of sp³-hybridized carbons (Fsp3) is 0.438. The van der Waals surface area contributed by atoms with Gasteiger partial charge in [-0.1, -0.05) is 43.3 Å². The third kappa shape index (κ3) is 4.87. The summed E-state index contributed by atoms with van der Waals surface area (Å²) in [5.41, 5.74) is 2.00. The zero-order valence-corrected chi connectivity index (χ0v) is 12.3. The Bertz CT molecular complexity index is 424. The first-order valence-corrected chi connectivity index (χ1v) is 6.72. The molecule has 0 spiro atoms. The van der Waals surface area contributed by atoms with E-state index in [-0.39, 0.29) is 11.9 Å². The molecule has 0 aliphatic rings. The molecule has 19 heavy (non-hydrogen) atoms. The Morgan fingerprint density at radius 1 is 1.32 bits per heavy atom. The molecule has 1 atom stereocenters. The summed E-state index contributed by atoms with van der Waals surface area (Å²) in [6.07, 6.45) is 2.83. The van der Waals surface area contributed by atoms with Crippen LogP contribution in [0.25, 0.3) is 0 Å². The monoisotopic (exact) mass is 260 g/mol. The molecular weight excluding hydrogens is 236 g/mol. The summed E-state index contributed by atoms with van der Waals surface area (Å²) in [6, 6.07) is 10.4. The normalized spacial score (nSPS) is 13.4. The van der Waals surface area contributed by atoms with E-state index in [1.165, 1.54) is 5.56 Å². The molecule has 3 nitrogen and oxygen atoms in total. The summed E-state index contributed by atoms with van der Waals surface area (Å²) in [7, 11) is 4.05. The van der Waals surface area contributed by atoms with Crippen molar-refractivity contribution < 1.29 is 4.79 Å². The van der Waals surface area contributed by atoms with Gasteiger partial charge in [0.25, 0.3) is 0 Å². The number of nitrogens with zero attached hydrogens (tertiary/aromatic N) is 1. The van der Waals surface area contributed by atoms with E-state index >= 15 is 0 Å². The van der Waals surface area contributed by atoms with Gasteiger partial charge < -0.3 is 10.2 Å². The van der Waals surface area contributed by atoms with Crippen molar-refractivity contribution in [2.24, 2.45) is 0 Å². The van der Waals surface area contributed by atoms with Crippen LogP contribution in [0.3, 0.4) is 0 Å². The molecule has 3 heteroatoms. The van der Waals surface area contributed by atoms with Gasteiger partial charge in [-0.3, -0.25) is 4.79 Å². The molecule has 0 aromatic heterocycles. The van der Waals surface area contributed by atoms with Crippen LogP contribution < -0.4 is 5.32 Å². The molecule has 104 valence electrons. The van der Waals surface area contributed by atoms with Crippen molar-refractivity contribution in [3.05, 3.63) is 47.5 Å². The zero-order valence-electron chi connectivity index (χ0n) is 12.3. The summed E-state index contributed by atoms with van der Waals surface area (Å²) >= 11 is 0. The minimum absolute atomic E-state index is 0.0182. The topological polar surface area (TPSA) is 32.3 Å². The highest BCUT2D eigenvalue weighted by molar-refractivity contribution is 5.92. The maximum atomic E-state index is 11.9. The van der Waals surface area contributed by atoms with Crippen LogP contribution in [0.1, 0.15) is 31.9 Å². The fourth-order valence-corrected chi connectivity index (χ4v) is 2.00. The first kappa shape index (κ1) is 15.4. The van der Waals surface area contributed by atoms with E-state index in [1.807, 2.05) is 52.2 Å². The second kappa shape index (κ2) is 7.74. The van der Waals surface area contributed by atoms with Crippen LogP contribution in [-0.4, -0.2) is 31.4 Å². The summed E-state index contributed by atoms with van der Waals surface area (Å²) in [5.74, 6) is 0.0182. The Balaban J connectivity index is 2.67. The van der Waals surface area contributed by atoms with Crippen LogP contribution in [-0.2, 0) is 4.79 Å². The number of nitrogens with one attached hydrogen (secondary N) is 1. The Labute approximate surface area is 116 Å². The van der Waals surface area contributed by atoms with Crippen molar-refractivity contribution in [3.8, 4) is 0 Å². The maximum Gasteiger partial charge on any atom is 0.246 e. The highest BCUT2D eigenvalue weighted by atomic mass is 16.1. The number of allylic oxidation sites excluding steroid dienone is 1. The van der Waals surface area contributed by atoms with Crippen LogP contribution >= 0.6 is 0 Å². The first-order valence-electron chi connectivity index (χ1n) is 6.72. The molecule has 0 saturated heterocycles. The number of hydrogen-bond acceptors (Lipinski definition) is 2. The van der Waals surface area contributed by atoms with E-state index < -0.39 is 0 Å². The van der Waals surface area contributed by atoms with Gasteiger partial charge in [0, 0.05) is 12.1 Å². The summed E-state index contributed by atoms with van der Waals surface area (Å²) in [6.45, 7) is 4.50. The van der Waals surface area contributed by atoms with Crippen LogP contribution in [0.4, 0.5) is 0 Å². The van der Waals surface area contributed by atoms with Crippen LogP contribution in [0.2, 0.25) is 0 Å². The molecule has 0 bridgehead atoms. The quantitative estimate of drug-likeness (QED) is 0.798. The molecule has 1 aromatic carbocycles. The molecule has 0 aliphatic carbocycles. The minimum Gasteiger partial charge on any atom is -0.350 e. The van der Waals surface area contributed by atoms with Gasteiger partial charge in [-0.25, -0.2) is 0 Å². The average molecular weight is 260 g/mol. The van der Waals surface area contributed by atoms with Crippen molar-refractivity contribution in [2.45, 2.75) is 26.3 Å². The molecule has 0 saturated carbocycles. The van der Waals surface area contributed by atoms with E-state index in [2.05, 4.69) is 22.3 Å². The van der Waals surface area contributed by atoms with Gasteiger partial charge in [0.15, 0.2) is 0 Å². The number of carbonyl (C=O) groups excluding carboxylic acids is 1. The highest BCUT2D eigenvalue weighted by Crippen LogP contribution is 2.16. The van der Waals surface area contributed by atoms with Crippen LogP contribution in [0.5, 0.6) is 0 Å². The lowest BCUT2D eigenvalue weighted by atomic mass is 10.1. The van der Waals surface area contributed by atoms with Crippen molar-refractivity contribution in [2.75, 3.05) is 20.6 Å². The zero-order chi connectivity index (χ0) is 14.3. The number of benzene rings is 1. The van der Waals surface area contributed by atoms with Crippen molar-refractivity contribution in [1.29, 1.82) is 0 Å². The van der Waals surface area contributed by atoms with Crippen molar-refractivity contribution in [1.82, 2.24) is 10.2 Å². The van der Waals surface area contributed by atoms with Crippen LogP contribution in [0.15, 0.2) is 42.0 Å². The fourth-order valence-electron chi connectivity index (χ4n) is 2.00. The Morgan fingerprint density at radius 3 is 2.47 bits per heavy atom. The van der Waals surface area contributed by atoms with Gasteiger partial charge in [0.2, 0.25) is 5.91 Å². The third-order valence-electron chi connectivity index (χ3n) is 3.13. The van der Waals surface area contributed by atoms with E-state index in [0.29, 0.717) is 6.54 Å². The Morgan fingerprint density at radius 2 is 1.95 bits per heavy atom. The highest BCUT2D eigenvalue weighted by Gasteiger charge is 2.15. The molecule has 1 aromatic rings. The lowest BCUT2D eigenvalue weighted by molar-refractivity contribution is -0.117. The predicted molar refractivity (Wildman–Crippen MR) is 79.9 cm³/mol. The van der Waals surface area contributed by atoms with Crippen molar-refractivity contribution >= 4 is 5.91 Å². The van der Waals surface area contributed by atoms with E-state index in [0.717, 1.165) is 12.0 Å². The molecule has 1 rings (SSSR count). The van der Waals surface area contributed by atoms with Crippen LogP contribution in [0, 0.1) is 0 Å². The first-order chi connectivity index (χ1) is 9.06. The molecular formula is C16H24N2O. The number of carbonyl (C=O) groups is 1. The molecule has 0 fully saturated rings. The van der Waals surface area contributed by atoms with Gasteiger partial charge in [-0.15, -0.1) is 0 Å².